The number of nitrogens with zero attached hydrogens (tertiary/aromatic N) is 4. The maximum Gasteiger partial charge on any atom is 0.219 e. The van der Waals surface area contributed by atoms with Crippen molar-refractivity contribution < 1.29 is 9.21 Å². The molecule has 0 saturated carbocycles. The van der Waals surface area contributed by atoms with Gasteiger partial charge in [0, 0.05) is 24.5 Å². The molecule has 3 rings (SSSR count). The van der Waals surface area contributed by atoms with E-state index in [0.29, 0.717) is 36.1 Å². The summed E-state index contributed by atoms with van der Waals surface area (Å²) in [5.74, 6) is 0.766. The van der Waals surface area contributed by atoms with Crippen molar-refractivity contribution in [1.29, 1.82) is 0 Å². The maximum atomic E-state index is 11.3. The summed E-state index contributed by atoms with van der Waals surface area (Å²) in [4.78, 5) is 13.4. The molecule has 2 aromatic heterocycles. The average Bonchev–Trinajstić information content (AvgIpc) is 3.30. The van der Waals surface area contributed by atoms with Crippen molar-refractivity contribution in [2.24, 2.45) is 5.73 Å². The number of carbonyl (C=O) groups is 1. The van der Waals surface area contributed by atoms with E-state index in [0.717, 1.165) is 17.1 Å². The second kappa shape index (κ2) is 9.18. The second-order valence-corrected chi connectivity index (χ2v) is 7.10. The minimum atomic E-state index is -0.394. The van der Waals surface area contributed by atoms with Crippen LogP contribution >= 0.6 is 23.8 Å². The minimum Gasteiger partial charge on any atom is -0.461 e. The molecular weight excluding hydrogens is 398 g/mol. The lowest BCUT2D eigenvalue weighted by molar-refractivity contribution is -0.118. The highest BCUT2D eigenvalue weighted by Crippen LogP contribution is 2.21. The van der Waals surface area contributed by atoms with Crippen molar-refractivity contribution in [3.05, 3.63) is 58.0 Å². The van der Waals surface area contributed by atoms with Crippen molar-refractivity contribution in [1.82, 2.24) is 19.2 Å². The Hall–Kier alpha value is -2.42. The molecule has 0 fully saturated rings. The van der Waals surface area contributed by atoms with Gasteiger partial charge in [0.25, 0.3) is 0 Å². The molecule has 0 bridgehead atoms. The number of furan rings is 1. The third-order valence-electron chi connectivity index (χ3n) is 4.38. The lowest BCUT2D eigenvalue weighted by atomic mass is 10.2. The van der Waals surface area contributed by atoms with Crippen molar-refractivity contribution in [2.75, 3.05) is 6.54 Å². The van der Waals surface area contributed by atoms with E-state index in [1.807, 2.05) is 30.3 Å². The van der Waals surface area contributed by atoms with Crippen molar-refractivity contribution in [3.8, 4) is 11.6 Å². The van der Waals surface area contributed by atoms with Gasteiger partial charge in [0.15, 0.2) is 16.4 Å². The van der Waals surface area contributed by atoms with Crippen LogP contribution in [0.25, 0.3) is 11.6 Å². The van der Waals surface area contributed by atoms with Gasteiger partial charge in [0.1, 0.15) is 0 Å². The molecule has 1 amide bonds. The first-order valence-corrected chi connectivity index (χ1v) is 9.73. The smallest absolute Gasteiger partial charge is 0.219 e. The van der Waals surface area contributed by atoms with E-state index in [1.54, 1.807) is 21.6 Å². The molecule has 148 valence electrons. The quantitative estimate of drug-likeness (QED) is 0.535. The number of hydrogen-bond acceptors (Lipinski definition) is 5. The van der Waals surface area contributed by atoms with Crippen LogP contribution in [0.4, 0.5) is 0 Å². The lowest BCUT2D eigenvalue weighted by Gasteiger charge is -2.20. The van der Waals surface area contributed by atoms with Gasteiger partial charge in [-0.3, -0.25) is 14.3 Å². The summed E-state index contributed by atoms with van der Waals surface area (Å²) < 4.78 is 9.50. The number of amides is 1. The zero-order valence-electron chi connectivity index (χ0n) is 15.5. The predicted octanol–water partition coefficient (Wildman–Crippen LogP) is 3.68. The summed E-state index contributed by atoms with van der Waals surface area (Å²) in [7, 11) is 0. The summed E-state index contributed by atoms with van der Waals surface area (Å²) in [5.41, 5.74) is 6.35. The Bertz CT molecular complexity index is 996. The Kier molecular flexibility index (Phi) is 6.66. The molecular formula is C19H22ClN5O2S. The highest BCUT2D eigenvalue weighted by atomic mass is 35.5. The first-order valence-electron chi connectivity index (χ1n) is 8.95. The van der Waals surface area contributed by atoms with E-state index in [4.69, 9.17) is 34.0 Å². The van der Waals surface area contributed by atoms with Gasteiger partial charge in [0.2, 0.25) is 5.91 Å². The van der Waals surface area contributed by atoms with Crippen molar-refractivity contribution >= 4 is 29.7 Å². The minimum absolute atomic E-state index is 0.171. The van der Waals surface area contributed by atoms with Crippen LogP contribution in [-0.4, -0.2) is 31.7 Å². The molecule has 0 unspecified atom stereocenters. The van der Waals surface area contributed by atoms with Gasteiger partial charge in [0.05, 0.1) is 12.9 Å². The van der Waals surface area contributed by atoms with Gasteiger partial charge >= 0.3 is 0 Å². The molecule has 0 saturated heterocycles. The van der Waals surface area contributed by atoms with Crippen LogP contribution in [0.1, 0.15) is 18.9 Å². The van der Waals surface area contributed by atoms with E-state index in [2.05, 4.69) is 16.9 Å². The van der Waals surface area contributed by atoms with Gasteiger partial charge in [-0.15, -0.1) is 5.10 Å². The van der Waals surface area contributed by atoms with Gasteiger partial charge < -0.3 is 10.2 Å². The second-order valence-electron chi connectivity index (χ2n) is 6.33. The standard InChI is InChI=1S/C19H22ClN5O2S/c1-2-23(12-14-6-3-4-7-15(14)20)13-25-19(28)24(10-9-17(21)26)18(22-25)16-8-5-11-27-16/h3-8,11H,2,9-10,12-13H2,1H3,(H2,21,26). The number of halogens is 1. The number of primary amides is 1. The number of rotatable bonds is 9. The molecule has 1 aromatic carbocycles. The van der Waals surface area contributed by atoms with Gasteiger partial charge in [-0.25, -0.2) is 4.68 Å². The van der Waals surface area contributed by atoms with Gasteiger partial charge in [-0.1, -0.05) is 36.7 Å². The normalized spacial score (nSPS) is 11.2. The third-order valence-corrected chi connectivity index (χ3v) is 5.18. The summed E-state index contributed by atoms with van der Waals surface area (Å²) in [5, 5.41) is 5.37. The summed E-state index contributed by atoms with van der Waals surface area (Å²) in [6, 6.07) is 11.4. The number of aromatic nitrogens is 3. The van der Waals surface area contributed by atoms with E-state index < -0.39 is 5.91 Å². The Morgan fingerprint density at radius 3 is 2.75 bits per heavy atom. The highest BCUT2D eigenvalue weighted by Gasteiger charge is 2.17. The molecule has 0 aliphatic heterocycles. The molecule has 0 radical (unpaired) electrons. The molecule has 0 atom stereocenters. The Morgan fingerprint density at radius 1 is 1.32 bits per heavy atom. The van der Waals surface area contributed by atoms with E-state index in [-0.39, 0.29) is 6.42 Å². The van der Waals surface area contributed by atoms with E-state index >= 15 is 0 Å². The summed E-state index contributed by atoms with van der Waals surface area (Å²) >= 11 is 11.9. The molecule has 0 aliphatic rings. The fourth-order valence-electron chi connectivity index (χ4n) is 2.86. The van der Waals surface area contributed by atoms with Gasteiger partial charge in [-0.05, 0) is 42.5 Å². The number of benzene rings is 1. The van der Waals surface area contributed by atoms with Crippen LogP contribution in [0.5, 0.6) is 0 Å². The monoisotopic (exact) mass is 419 g/mol. The third kappa shape index (κ3) is 4.70. The van der Waals surface area contributed by atoms with Crippen LogP contribution < -0.4 is 5.73 Å². The molecule has 2 heterocycles. The van der Waals surface area contributed by atoms with Crippen LogP contribution in [0.15, 0.2) is 47.1 Å². The fourth-order valence-corrected chi connectivity index (χ4v) is 3.34. The largest absolute Gasteiger partial charge is 0.461 e. The summed E-state index contributed by atoms with van der Waals surface area (Å²) in [6.45, 7) is 4.36. The molecule has 28 heavy (non-hydrogen) atoms. The van der Waals surface area contributed by atoms with E-state index in [9.17, 15) is 4.79 Å². The van der Waals surface area contributed by atoms with Crippen molar-refractivity contribution in [3.63, 3.8) is 0 Å². The van der Waals surface area contributed by atoms with Crippen LogP contribution in [-0.2, 0) is 24.6 Å². The van der Waals surface area contributed by atoms with Crippen LogP contribution in [0.2, 0.25) is 5.02 Å². The number of hydrogen-bond donors (Lipinski definition) is 1. The molecule has 2 N–H and O–H groups in total. The Balaban J connectivity index is 1.88. The lowest BCUT2D eigenvalue weighted by Crippen LogP contribution is -2.27. The number of carbonyl (C=O) groups excluding carboxylic acids is 1. The summed E-state index contributed by atoms with van der Waals surface area (Å²) in [6.07, 6.45) is 1.75. The fraction of sp³-hybridized carbons (Fsp3) is 0.316. The first-order chi connectivity index (χ1) is 13.5. The zero-order valence-corrected chi connectivity index (χ0v) is 17.1. The first kappa shape index (κ1) is 20.3. The Morgan fingerprint density at radius 2 is 2.11 bits per heavy atom. The highest BCUT2D eigenvalue weighted by molar-refractivity contribution is 7.71. The van der Waals surface area contributed by atoms with Crippen LogP contribution in [0, 0.1) is 4.77 Å². The number of nitrogens with two attached hydrogens (primary N) is 1. The molecule has 0 aliphatic carbocycles. The predicted molar refractivity (Wildman–Crippen MR) is 110 cm³/mol. The SMILES string of the molecule is CCN(Cc1ccccc1Cl)Cn1nc(-c2ccco2)n(CCC(N)=O)c1=S. The van der Waals surface area contributed by atoms with Crippen LogP contribution in [0.3, 0.4) is 0 Å². The van der Waals surface area contributed by atoms with Crippen molar-refractivity contribution in [2.45, 2.75) is 33.1 Å². The zero-order chi connectivity index (χ0) is 20.1. The topological polar surface area (TPSA) is 82.2 Å². The molecule has 9 heteroatoms. The maximum absolute atomic E-state index is 11.3. The molecule has 0 spiro atoms. The molecule has 7 nitrogen and oxygen atoms in total. The Labute approximate surface area is 173 Å². The van der Waals surface area contributed by atoms with E-state index in [1.165, 1.54) is 0 Å². The average molecular weight is 420 g/mol. The van der Waals surface area contributed by atoms with Gasteiger partial charge in [-0.2, -0.15) is 0 Å². The molecule has 3 aromatic rings.